The number of nitrogens with one attached hydrogen (secondary N) is 2. The van der Waals surface area contributed by atoms with E-state index in [1.165, 1.54) is 15.3 Å². The fraction of sp³-hybridized carbons (Fsp3) is 0.615. The third-order valence-corrected chi connectivity index (χ3v) is 3.80. The van der Waals surface area contributed by atoms with Gasteiger partial charge in [0.25, 0.3) is 0 Å². The summed E-state index contributed by atoms with van der Waals surface area (Å²) >= 11 is 1.82. The van der Waals surface area contributed by atoms with Gasteiger partial charge in [-0.05, 0) is 38.8 Å². The van der Waals surface area contributed by atoms with E-state index in [-0.39, 0.29) is 6.04 Å². The van der Waals surface area contributed by atoms with Crippen molar-refractivity contribution in [3.63, 3.8) is 0 Å². The van der Waals surface area contributed by atoms with Gasteiger partial charge in [-0.25, -0.2) is 5.84 Å². The van der Waals surface area contributed by atoms with Gasteiger partial charge in [0, 0.05) is 16.3 Å². The second-order valence-electron chi connectivity index (χ2n) is 4.46. The molecule has 0 amide bonds. The molecule has 1 aromatic heterocycles. The first kappa shape index (κ1) is 15.0. The molecular weight excluding hydrogens is 244 g/mol. The van der Waals surface area contributed by atoms with Gasteiger partial charge in [0.15, 0.2) is 0 Å². The van der Waals surface area contributed by atoms with Crippen LogP contribution in [0.2, 0.25) is 0 Å². The summed E-state index contributed by atoms with van der Waals surface area (Å²) in [6.07, 6.45) is 2.22. The second-order valence-corrected chi connectivity index (χ2v) is 5.92. The van der Waals surface area contributed by atoms with Gasteiger partial charge in [-0.1, -0.05) is 13.3 Å². The van der Waals surface area contributed by atoms with Crippen LogP contribution in [-0.4, -0.2) is 12.5 Å². The molecule has 1 unspecified atom stereocenters. The van der Waals surface area contributed by atoms with Gasteiger partial charge >= 0.3 is 0 Å². The molecule has 4 N–H and O–H groups in total. The van der Waals surface area contributed by atoms with E-state index in [0.717, 1.165) is 19.4 Å². The van der Waals surface area contributed by atoms with E-state index < -0.39 is 0 Å². The number of nitrogens with two attached hydrogens (primary N) is 1. The zero-order valence-electron chi connectivity index (χ0n) is 11.7. The molecular formula is C13H24N4S. The smallest absolute Gasteiger partial charge is 0.206 e. The normalized spacial score (nSPS) is 13.5. The molecule has 0 saturated heterocycles. The van der Waals surface area contributed by atoms with Gasteiger partial charge in [0.2, 0.25) is 5.96 Å². The van der Waals surface area contributed by atoms with Crippen molar-refractivity contribution >= 4 is 17.3 Å². The van der Waals surface area contributed by atoms with Crippen LogP contribution >= 0.6 is 11.3 Å². The van der Waals surface area contributed by atoms with Crippen LogP contribution < -0.4 is 16.6 Å². The van der Waals surface area contributed by atoms with Gasteiger partial charge in [-0.3, -0.25) is 10.4 Å². The molecule has 1 rings (SSSR count). The predicted molar refractivity (Wildman–Crippen MR) is 79.9 cm³/mol. The SMILES string of the molecule is CCCCN=C(NN)NC(C)c1cc(C)sc1C. The number of hydrogen-bond acceptors (Lipinski definition) is 3. The van der Waals surface area contributed by atoms with Gasteiger partial charge in [0.05, 0.1) is 6.04 Å². The number of rotatable bonds is 5. The highest BCUT2D eigenvalue weighted by atomic mass is 32.1. The van der Waals surface area contributed by atoms with E-state index in [0.29, 0.717) is 5.96 Å². The minimum Gasteiger partial charge on any atom is -0.349 e. The summed E-state index contributed by atoms with van der Waals surface area (Å²) in [5.41, 5.74) is 3.95. The zero-order chi connectivity index (χ0) is 13.5. The highest BCUT2D eigenvalue weighted by Gasteiger charge is 2.12. The Morgan fingerprint density at radius 2 is 2.22 bits per heavy atom. The Bertz CT molecular complexity index is 398. The first-order valence-electron chi connectivity index (χ1n) is 6.43. The van der Waals surface area contributed by atoms with Crippen LogP contribution in [0, 0.1) is 13.8 Å². The van der Waals surface area contributed by atoms with E-state index in [4.69, 9.17) is 5.84 Å². The minimum atomic E-state index is 0.214. The maximum atomic E-state index is 5.48. The first-order valence-corrected chi connectivity index (χ1v) is 7.24. The fourth-order valence-corrected chi connectivity index (χ4v) is 2.87. The van der Waals surface area contributed by atoms with Crippen LogP contribution in [0.4, 0.5) is 0 Å². The van der Waals surface area contributed by atoms with E-state index >= 15 is 0 Å². The maximum absolute atomic E-state index is 5.48. The standard InChI is InChI=1S/C13H24N4S/c1-5-6-7-15-13(17-14)16-10(3)12-8-9(2)18-11(12)4/h8,10H,5-7,14H2,1-4H3,(H2,15,16,17). The van der Waals surface area contributed by atoms with Crippen molar-refractivity contribution < 1.29 is 0 Å². The Labute approximate surface area is 114 Å². The summed E-state index contributed by atoms with van der Waals surface area (Å²) in [6, 6.07) is 2.43. The average Bonchev–Trinajstić information content (AvgIpc) is 2.67. The molecule has 0 aromatic carbocycles. The van der Waals surface area contributed by atoms with Gasteiger partial charge in [-0.15, -0.1) is 11.3 Å². The number of aryl methyl sites for hydroxylation is 2. The van der Waals surface area contributed by atoms with E-state index in [9.17, 15) is 0 Å². The Balaban J connectivity index is 2.64. The summed E-state index contributed by atoms with van der Waals surface area (Å²) in [4.78, 5) is 7.09. The number of hydrazine groups is 1. The lowest BCUT2D eigenvalue weighted by molar-refractivity contribution is 0.682. The van der Waals surface area contributed by atoms with Crippen LogP contribution in [0.25, 0.3) is 0 Å². The molecule has 0 radical (unpaired) electrons. The molecule has 0 aliphatic rings. The van der Waals surface area contributed by atoms with Crippen LogP contribution in [0.5, 0.6) is 0 Å². The van der Waals surface area contributed by atoms with E-state index in [2.05, 4.69) is 49.5 Å². The van der Waals surface area contributed by atoms with Gasteiger partial charge in [0.1, 0.15) is 0 Å². The lowest BCUT2D eigenvalue weighted by Gasteiger charge is -2.16. The number of nitrogens with zero attached hydrogens (tertiary/aromatic N) is 1. The largest absolute Gasteiger partial charge is 0.349 e. The van der Waals surface area contributed by atoms with Crippen molar-refractivity contribution in [2.75, 3.05) is 6.54 Å². The van der Waals surface area contributed by atoms with Gasteiger partial charge < -0.3 is 5.32 Å². The molecule has 1 atom stereocenters. The number of aliphatic imine (C=N–C) groups is 1. The van der Waals surface area contributed by atoms with E-state index in [1.807, 2.05) is 11.3 Å². The Kier molecular flexibility index (Phi) is 6.15. The molecule has 0 saturated carbocycles. The first-order chi connectivity index (χ1) is 8.58. The lowest BCUT2D eigenvalue weighted by Crippen LogP contribution is -2.42. The molecule has 0 aliphatic carbocycles. The molecule has 18 heavy (non-hydrogen) atoms. The zero-order valence-corrected chi connectivity index (χ0v) is 12.5. The molecule has 4 nitrogen and oxygen atoms in total. The van der Waals surface area contributed by atoms with Crippen LogP contribution in [0.3, 0.4) is 0 Å². The van der Waals surface area contributed by atoms with Crippen molar-refractivity contribution in [1.82, 2.24) is 10.7 Å². The van der Waals surface area contributed by atoms with Crippen LogP contribution in [-0.2, 0) is 0 Å². The summed E-state index contributed by atoms with van der Waals surface area (Å²) in [7, 11) is 0. The van der Waals surface area contributed by atoms with Crippen LogP contribution in [0.1, 0.15) is 48.0 Å². The predicted octanol–water partition coefficient (Wildman–Crippen LogP) is 2.63. The third-order valence-electron chi connectivity index (χ3n) is 2.82. The third kappa shape index (κ3) is 4.31. The fourth-order valence-electron chi connectivity index (χ4n) is 1.85. The van der Waals surface area contributed by atoms with Gasteiger partial charge in [-0.2, -0.15) is 0 Å². The monoisotopic (exact) mass is 268 g/mol. The highest BCUT2D eigenvalue weighted by molar-refractivity contribution is 7.12. The molecule has 1 heterocycles. The second kappa shape index (κ2) is 7.38. The van der Waals surface area contributed by atoms with Crippen molar-refractivity contribution in [3.8, 4) is 0 Å². The number of thiophene rings is 1. The summed E-state index contributed by atoms with van der Waals surface area (Å²) in [5.74, 6) is 6.15. The van der Waals surface area contributed by atoms with E-state index in [1.54, 1.807) is 0 Å². The van der Waals surface area contributed by atoms with Crippen LogP contribution in [0.15, 0.2) is 11.1 Å². The molecule has 0 spiro atoms. The molecule has 0 bridgehead atoms. The Morgan fingerprint density at radius 3 is 2.72 bits per heavy atom. The van der Waals surface area contributed by atoms with Crippen molar-refractivity contribution in [3.05, 3.63) is 21.4 Å². The van der Waals surface area contributed by atoms with Crippen molar-refractivity contribution in [2.24, 2.45) is 10.8 Å². The summed E-state index contributed by atoms with van der Waals surface area (Å²) < 4.78 is 0. The van der Waals surface area contributed by atoms with Crippen molar-refractivity contribution in [1.29, 1.82) is 0 Å². The maximum Gasteiger partial charge on any atom is 0.206 e. The molecule has 1 aromatic rings. The quantitative estimate of drug-likeness (QED) is 0.253. The average molecular weight is 268 g/mol. The van der Waals surface area contributed by atoms with Crippen molar-refractivity contribution in [2.45, 2.75) is 46.6 Å². The summed E-state index contributed by atoms with van der Waals surface area (Å²) in [6.45, 7) is 9.36. The Morgan fingerprint density at radius 1 is 1.50 bits per heavy atom. The number of hydrogen-bond donors (Lipinski definition) is 3. The Hall–Kier alpha value is -1.07. The molecule has 0 fully saturated rings. The highest BCUT2D eigenvalue weighted by Crippen LogP contribution is 2.25. The lowest BCUT2D eigenvalue weighted by atomic mass is 10.1. The number of guanidine groups is 1. The molecule has 102 valence electrons. The molecule has 0 aliphatic heterocycles. The topological polar surface area (TPSA) is 62.4 Å². The minimum absolute atomic E-state index is 0.214. The number of unbranched alkanes of at least 4 members (excludes halogenated alkanes) is 1. The summed E-state index contributed by atoms with van der Waals surface area (Å²) in [5, 5.41) is 3.32. The molecule has 5 heteroatoms.